The number of nitrogens with zero attached hydrogens (tertiary/aromatic N) is 4. The van der Waals surface area contributed by atoms with Gasteiger partial charge in [-0.05, 0) is 24.0 Å². The van der Waals surface area contributed by atoms with Crippen molar-refractivity contribution in [3.63, 3.8) is 0 Å². The van der Waals surface area contributed by atoms with Crippen LogP contribution in [-0.2, 0) is 11.3 Å². The van der Waals surface area contributed by atoms with E-state index in [2.05, 4.69) is 22.3 Å². The van der Waals surface area contributed by atoms with Gasteiger partial charge < -0.3 is 10.7 Å². The highest BCUT2D eigenvalue weighted by molar-refractivity contribution is 7.99. The summed E-state index contributed by atoms with van der Waals surface area (Å²) in [6.07, 6.45) is 3.45. The van der Waals surface area contributed by atoms with E-state index in [4.69, 9.17) is 5.84 Å². The molecule has 2 N–H and O–H groups in total. The number of thioether (sulfide) groups is 2. The van der Waals surface area contributed by atoms with Gasteiger partial charge in [0.1, 0.15) is 6.33 Å². The molecule has 0 aliphatic heterocycles. The van der Waals surface area contributed by atoms with E-state index in [1.54, 1.807) is 23.7 Å². The monoisotopic (exact) mass is 323 g/mol. The lowest BCUT2D eigenvalue weighted by atomic mass is 10.2. The average Bonchev–Trinajstić information content (AvgIpc) is 2.90. The topological polar surface area (TPSA) is 77.0 Å². The lowest BCUT2D eigenvalue weighted by molar-refractivity contribution is -0.127. The van der Waals surface area contributed by atoms with E-state index in [1.807, 2.05) is 18.4 Å². The number of carbonyl (C=O) groups excluding carboxylic acids is 1. The van der Waals surface area contributed by atoms with Gasteiger partial charge in [0.25, 0.3) is 0 Å². The Morgan fingerprint density at radius 1 is 1.38 bits per heavy atom. The second-order valence-corrected chi connectivity index (χ2v) is 6.23. The summed E-state index contributed by atoms with van der Waals surface area (Å²) in [7, 11) is 1.79. The third-order valence-electron chi connectivity index (χ3n) is 2.87. The Bertz CT molecular complexity index is 599. The van der Waals surface area contributed by atoms with Crippen LogP contribution in [0.15, 0.2) is 40.6 Å². The lowest BCUT2D eigenvalue weighted by Gasteiger charge is -2.17. The molecule has 0 saturated carbocycles. The van der Waals surface area contributed by atoms with Crippen LogP contribution in [0.25, 0.3) is 0 Å². The maximum atomic E-state index is 12.1. The van der Waals surface area contributed by atoms with Gasteiger partial charge in [-0.15, -0.1) is 22.0 Å². The van der Waals surface area contributed by atoms with Crippen LogP contribution < -0.4 is 5.84 Å². The van der Waals surface area contributed by atoms with Crippen molar-refractivity contribution < 1.29 is 4.79 Å². The van der Waals surface area contributed by atoms with Crippen molar-refractivity contribution in [2.75, 3.05) is 24.9 Å². The Morgan fingerprint density at radius 2 is 2.10 bits per heavy atom. The number of nitrogens with two attached hydrogens (primary N) is 1. The highest BCUT2D eigenvalue weighted by Gasteiger charge is 2.12. The Kier molecular flexibility index (Phi) is 5.51. The number of amides is 1. The molecule has 6 nitrogen and oxygen atoms in total. The van der Waals surface area contributed by atoms with E-state index in [0.29, 0.717) is 11.7 Å². The number of benzene rings is 1. The van der Waals surface area contributed by atoms with Gasteiger partial charge in [0.05, 0.1) is 5.75 Å². The zero-order valence-electron chi connectivity index (χ0n) is 11.9. The lowest BCUT2D eigenvalue weighted by Crippen LogP contribution is -2.28. The standard InChI is InChI=1S/C13H17N5OS2/c1-17(7-10-3-5-11(20-2)6-4-10)12(19)8-21-13-16-15-9-18(13)14/h3-6,9H,7-8,14H2,1-2H3. The molecule has 2 rings (SSSR count). The van der Waals surface area contributed by atoms with Crippen LogP contribution in [0.1, 0.15) is 5.56 Å². The minimum absolute atomic E-state index is 0.0249. The van der Waals surface area contributed by atoms with Crippen LogP contribution in [0.2, 0.25) is 0 Å². The molecule has 0 bridgehead atoms. The SMILES string of the molecule is CSc1ccc(CN(C)C(=O)CSc2nncn2N)cc1. The number of rotatable bonds is 6. The van der Waals surface area contributed by atoms with Gasteiger partial charge in [-0.1, -0.05) is 23.9 Å². The van der Waals surface area contributed by atoms with Crippen molar-refractivity contribution >= 4 is 29.4 Å². The fraction of sp³-hybridized carbons (Fsp3) is 0.308. The van der Waals surface area contributed by atoms with Crippen molar-refractivity contribution in [3.05, 3.63) is 36.2 Å². The van der Waals surface area contributed by atoms with Gasteiger partial charge in [-0.3, -0.25) is 4.79 Å². The number of aromatic nitrogens is 3. The third kappa shape index (κ3) is 4.40. The molecule has 1 heterocycles. The maximum absolute atomic E-state index is 12.1. The predicted octanol–water partition coefficient (Wildman–Crippen LogP) is 1.46. The molecule has 0 radical (unpaired) electrons. The van der Waals surface area contributed by atoms with Gasteiger partial charge in [-0.25, -0.2) is 4.68 Å². The summed E-state index contributed by atoms with van der Waals surface area (Å²) in [6, 6.07) is 8.20. The van der Waals surface area contributed by atoms with Gasteiger partial charge in [-0.2, -0.15) is 0 Å². The minimum Gasteiger partial charge on any atom is -0.341 e. The molecule has 0 aliphatic carbocycles. The van der Waals surface area contributed by atoms with Crippen molar-refractivity contribution in [2.24, 2.45) is 0 Å². The molecule has 0 saturated heterocycles. The summed E-state index contributed by atoms with van der Waals surface area (Å²) in [6.45, 7) is 0.587. The number of hydrogen-bond acceptors (Lipinski definition) is 6. The average molecular weight is 323 g/mol. The molecule has 1 aromatic carbocycles. The fourth-order valence-corrected chi connectivity index (χ4v) is 2.85. The highest BCUT2D eigenvalue weighted by Crippen LogP contribution is 2.17. The normalized spacial score (nSPS) is 10.6. The van der Waals surface area contributed by atoms with Crippen LogP contribution in [0.5, 0.6) is 0 Å². The van der Waals surface area contributed by atoms with Gasteiger partial charge in [0, 0.05) is 18.5 Å². The Morgan fingerprint density at radius 3 is 2.67 bits per heavy atom. The Hall–Kier alpha value is -1.67. The van der Waals surface area contributed by atoms with E-state index in [1.165, 1.54) is 27.7 Å². The first-order valence-corrected chi connectivity index (χ1v) is 8.46. The molecule has 0 fully saturated rings. The summed E-state index contributed by atoms with van der Waals surface area (Å²) in [5, 5.41) is 8.03. The van der Waals surface area contributed by atoms with Crippen LogP contribution in [-0.4, -0.2) is 44.7 Å². The molecule has 0 unspecified atom stereocenters. The van der Waals surface area contributed by atoms with Gasteiger partial charge in [0.2, 0.25) is 11.1 Å². The first-order valence-electron chi connectivity index (χ1n) is 6.25. The summed E-state index contributed by atoms with van der Waals surface area (Å²) < 4.78 is 1.30. The summed E-state index contributed by atoms with van der Waals surface area (Å²) >= 11 is 2.98. The molecule has 8 heteroatoms. The highest BCUT2D eigenvalue weighted by atomic mass is 32.2. The van der Waals surface area contributed by atoms with Crippen molar-refractivity contribution in [1.82, 2.24) is 19.8 Å². The largest absolute Gasteiger partial charge is 0.341 e. The fourth-order valence-electron chi connectivity index (χ4n) is 1.66. The second kappa shape index (κ2) is 7.37. The van der Waals surface area contributed by atoms with E-state index in [0.717, 1.165) is 5.56 Å². The van der Waals surface area contributed by atoms with Crippen LogP contribution >= 0.6 is 23.5 Å². The van der Waals surface area contributed by atoms with Crippen molar-refractivity contribution in [2.45, 2.75) is 16.6 Å². The summed E-state index contributed by atoms with van der Waals surface area (Å²) in [5.41, 5.74) is 1.11. The van der Waals surface area contributed by atoms with Gasteiger partial charge >= 0.3 is 0 Å². The molecule has 0 aliphatic rings. The number of hydrogen-bond donors (Lipinski definition) is 1. The molecule has 0 spiro atoms. The molecule has 1 aromatic heterocycles. The van der Waals surface area contributed by atoms with Crippen LogP contribution in [0.4, 0.5) is 0 Å². The predicted molar refractivity (Wildman–Crippen MR) is 85.6 cm³/mol. The van der Waals surface area contributed by atoms with E-state index in [9.17, 15) is 4.79 Å². The Labute approximate surface area is 132 Å². The van der Waals surface area contributed by atoms with E-state index >= 15 is 0 Å². The molecule has 21 heavy (non-hydrogen) atoms. The van der Waals surface area contributed by atoms with Crippen LogP contribution in [0, 0.1) is 0 Å². The first kappa shape index (κ1) is 15.7. The second-order valence-electron chi connectivity index (χ2n) is 4.41. The molecule has 2 aromatic rings. The maximum Gasteiger partial charge on any atom is 0.233 e. The number of nitrogen functional groups attached to an aromatic ring is 1. The zero-order chi connectivity index (χ0) is 15.2. The first-order chi connectivity index (χ1) is 10.1. The minimum atomic E-state index is 0.0249. The summed E-state index contributed by atoms with van der Waals surface area (Å²) in [4.78, 5) is 15.0. The molecule has 0 atom stereocenters. The van der Waals surface area contributed by atoms with Crippen LogP contribution in [0.3, 0.4) is 0 Å². The smallest absolute Gasteiger partial charge is 0.233 e. The molecular weight excluding hydrogens is 306 g/mol. The van der Waals surface area contributed by atoms with Crippen molar-refractivity contribution in [1.29, 1.82) is 0 Å². The third-order valence-corrected chi connectivity index (χ3v) is 4.56. The quantitative estimate of drug-likeness (QED) is 0.641. The summed E-state index contributed by atoms with van der Waals surface area (Å²) in [5.74, 6) is 5.91. The van der Waals surface area contributed by atoms with E-state index < -0.39 is 0 Å². The van der Waals surface area contributed by atoms with Crippen molar-refractivity contribution in [3.8, 4) is 0 Å². The zero-order valence-corrected chi connectivity index (χ0v) is 13.5. The molecule has 1 amide bonds. The molecular formula is C13H17N5OS2. The molecule has 112 valence electrons. The van der Waals surface area contributed by atoms with E-state index in [-0.39, 0.29) is 11.7 Å². The van der Waals surface area contributed by atoms with Gasteiger partial charge in [0.15, 0.2) is 0 Å². The Balaban J connectivity index is 1.85. The number of carbonyl (C=O) groups is 1.